The minimum atomic E-state index is -0.393. The number of halogens is 1. The molecule has 1 N–H and O–H groups in total. The van der Waals surface area contributed by atoms with Gasteiger partial charge >= 0.3 is 0 Å². The van der Waals surface area contributed by atoms with E-state index in [0.717, 1.165) is 22.0 Å². The van der Waals surface area contributed by atoms with Crippen molar-refractivity contribution in [2.24, 2.45) is 0 Å². The second-order valence-corrected chi connectivity index (χ2v) is 4.99. The van der Waals surface area contributed by atoms with Crippen LogP contribution in [0, 0.1) is 19.7 Å². The molecule has 0 atom stereocenters. The monoisotopic (exact) mass is 267 g/mol. The van der Waals surface area contributed by atoms with E-state index in [1.165, 1.54) is 12.1 Å². The third-order valence-electron chi connectivity index (χ3n) is 3.60. The van der Waals surface area contributed by atoms with E-state index in [-0.39, 0.29) is 5.78 Å². The highest BCUT2D eigenvalue weighted by molar-refractivity contribution is 6.17. The van der Waals surface area contributed by atoms with E-state index in [4.69, 9.17) is 0 Å². The van der Waals surface area contributed by atoms with Crippen molar-refractivity contribution < 1.29 is 9.18 Å². The molecule has 1 aromatic heterocycles. The Bertz CT molecular complexity index is 817. The van der Waals surface area contributed by atoms with E-state index in [0.29, 0.717) is 11.1 Å². The molecule has 2 nitrogen and oxygen atoms in total. The van der Waals surface area contributed by atoms with Crippen molar-refractivity contribution in [1.82, 2.24) is 4.98 Å². The number of H-pyrrole nitrogens is 1. The Morgan fingerprint density at radius 3 is 2.65 bits per heavy atom. The van der Waals surface area contributed by atoms with Gasteiger partial charge < -0.3 is 4.98 Å². The number of rotatable bonds is 2. The van der Waals surface area contributed by atoms with E-state index in [9.17, 15) is 9.18 Å². The normalized spacial score (nSPS) is 10.9. The van der Waals surface area contributed by atoms with Gasteiger partial charge in [-0.25, -0.2) is 4.39 Å². The molecule has 0 saturated carbocycles. The van der Waals surface area contributed by atoms with Gasteiger partial charge in [0.05, 0.1) is 0 Å². The molecule has 0 unspecified atom stereocenters. The fourth-order valence-electron chi connectivity index (χ4n) is 2.53. The summed E-state index contributed by atoms with van der Waals surface area (Å²) in [5.41, 5.74) is 3.73. The van der Waals surface area contributed by atoms with Crippen molar-refractivity contribution in [1.29, 1.82) is 0 Å². The Morgan fingerprint density at radius 1 is 1.05 bits per heavy atom. The molecule has 0 saturated heterocycles. The summed E-state index contributed by atoms with van der Waals surface area (Å²) < 4.78 is 13.4. The Labute approximate surface area is 116 Å². The molecule has 2 aromatic carbocycles. The molecule has 100 valence electrons. The topological polar surface area (TPSA) is 32.9 Å². The van der Waals surface area contributed by atoms with Crippen molar-refractivity contribution in [2.45, 2.75) is 13.8 Å². The molecule has 0 radical (unpaired) electrons. The number of benzene rings is 2. The Morgan fingerprint density at radius 2 is 1.85 bits per heavy atom. The summed E-state index contributed by atoms with van der Waals surface area (Å²) >= 11 is 0. The number of nitrogens with one attached hydrogen (secondary N) is 1. The average Bonchev–Trinajstić information content (AvgIpc) is 2.86. The van der Waals surface area contributed by atoms with Gasteiger partial charge in [0.25, 0.3) is 0 Å². The van der Waals surface area contributed by atoms with Crippen LogP contribution in [-0.2, 0) is 0 Å². The molecule has 0 fully saturated rings. The highest BCUT2D eigenvalue weighted by Crippen LogP contribution is 2.25. The SMILES string of the molecule is Cc1ccc(F)cc1C(=O)c1c[nH]c2cccc(C)c12. The third kappa shape index (κ3) is 1.92. The number of hydrogen-bond acceptors (Lipinski definition) is 1. The van der Waals surface area contributed by atoms with Crippen molar-refractivity contribution in [3.8, 4) is 0 Å². The number of fused-ring (bicyclic) bond motifs is 1. The van der Waals surface area contributed by atoms with Crippen LogP contribution in [0.2, 0.25) is 0 Å². The van der Waals surface area contributed by atoms with E-state index < -0.39 is 5.82 Å². The summed E-state index contributed by atoms with van der Waals surface area (Å²) in [6.45, 7) is 3.78. The number of aromatic nitrogens is 1. The molecule has 3 aromatic rings. The van der Waals surface area contributed by atoms with Gasteiger partial charge in [-0.15, -0.1) is 0 Å². The molecule has 3 rings (SSSR count). The summed E-state index contributed by atoms with van der Waals surface area (Å²) in [4.78, 5) is 15.8. The molecule has 20 heavy (non-hydrogen) atoms. The lowest BCUT2D eigenvalue weighted by molar-refractivity contribution is 0.103. The van der Waals surface area contributed by atoms with Crippen molar-refractivity contribution in [3.05, 3.63) is 70.7 Å². The molecular formula is C17H14FNO. The third-order valence-corrected chi connectivity index (χ3v) is 3.60. The van der Waals surface area contributed by atoms with Gasteiger partial charge in [0, 0.05) is 28.2 Å². The number of ketones is 1. The maximum absolute atomic E-state index is 13.4. The van der Waals surface area contributed by atoms with Gasteiger partial charge in [-0.1, -0.05) is 18.2 Å². The standard InChI is InChI=1S/C17H14FNO/c1-10-6-7-12(18)8-13(10)17(20)14-9-19-15-5-3-4-11(2)16(14)15/h3-9,19H,1-2H3. The first-order chi connectivity index (χ1) is 9.58. The zero-order chi connectivity index (χ0) is 14.3. The number of aromatic amines is 1. The molecule has 0 spiro atoms. The molecule has 0 aliphatic heterocycles. The maximum Gasteiger partial charge on any atom is 0.195 e. The smallest absolute Gasteiger partial charge is 0.195 e. The Kier molecular flexibility index (Phi) is 2.90. The van der Waals surface area contributed by atoms with Crippen LogP contribution in [0.25, 0.3) is 10.9 Å². The fraction of sp³-hybridized carbons (Fsp3) is 0.118. The Hall–Kier alpha value is -2.42. The summed E-state index contributed by atoms with van der Waals surface area (Å²) in [5.74, 6) is -0.543. The lowest BCUT2D eigenvalue weighted by Gasteiger charge is -2.05. The minimum Gasteiger partial charge on any atom is -0.360 e. The first kappa shape index (κ1) is 12.6. The average molecular weight is 267 g/mol. The number of hydrogen-bond donors (Lipinski definition) is 1. The van der Waals surface area contributed by atoms with Gasteiger partial charge in [-0.05, 0) is 43.2 Å². The van der Waals surface area contributed by atoms with Crippen LogP contribution >= 0.6 is 0 Å². The summed E-state index contributed by atoms with van der Waals surface area (Å²) in [5, 5.41) is 0.904. The van der Waals surface area contributed by atoms with Crippen molar-refractivity contribution in [3.63, 3.8) is 0 Å². The van der Waals surface area contributed by atoms with Crippen LogP contribution < -0.4 is 0 Å². The molecule has 0 aliphatic carbocycles. The lowest BCUT2D eigenvalue weighted by atomic mass is 9.97. The van der Waals surface area contributed by atoms with Crippen LogP contribution in [0.4, 0.5) is 4.39 Å². The molecule has 0 amide bonds. The summed E-state index contributed by atoms with van der Waals surface area (Å²) in [6.07, 6.45) is 1.70. The second-order valence-electron chi connectivity index (χ2n) is 4.99. The van der Waals surface area contributed by atoms with Gasteiger partial charge in [0.1, 0.15) is 5.82 Å². The second kappa shape index (κ2) is 4.60. The molecular weight excluding hydrogens is 253 g/mol. The van der Waals surface area contributed by atoms with Gasteiger partial charge in [-0.3, -0.25) is 4.79 Å². The van der Waals surface area contributed by atoms with E-state index >= 15 is 0 Å². The maximum atomic E-state index is 13.4. The number of carbonyl (C=O) groups is 1. The van der Waals surface area contributed by atoms with E-state index in [1.807, 2.05) is 32.0 Å². The first-order valence-corrected chi connectivity index (χ1v) is 6.45. The van der Waals surface area contributed by atoms with Crippen molar-refractivity contribution >= 4 is 16.7 Å². The van der Waals surface area contributed by atoms with Gasteiger partial charge in [0.15, 0.2) is 5.78 Å². The molecule has 1 heterocycles. The van der Waals surface area contributed by atoms with Crippen LogP contribution in [0.3, 0.4) is 0 Å². The van der Waals surface area contributed by atoms with Gasteiger partial charge in [-0.2, -0.15) is 0 Å². The minimum absolute atomic E-state index is 0.150. The first-order valence-electron chi connectivity index (χ1n) is 6.45. The van der Waals surface area contributed by atoms with Crippen molar-refractivity contribution in [2.75, 3.05) is 0 Å². The van der Waals surface area contributed by atoms with E-state index in [1.54, 1.807) is 12.3 Å². The quantitative estimate of drug-likeness (QED) is 0.695. The summed E-state index contributed by atoms with van der Waals surface area (Å²) in [6, 6.07) is 10.1. The number of carbonyl (C=O) groups excluding carboxylic acids is 1. The molecule has 3 heteroatoms. The van der Waals surface area contributed by atoms with E-state index in [2.05, 4.69) is 4.98 Å². The summed E-state index contributed by atoms with van der Waals surface area (Å²) in [7, 11) is 0. The lowest BCUT2D eigenvalue weighted by Crippen LogP contribution is -2.04. The van der Waals surface area contributed by atoms with Gasteiger partial charge in [0.2, 0.25) is 0 Å². The highest BCUT2D eigenvalue weighted by Gasteiger charge is 2.17. The Balaban J connectivity index is 2.21. The van der Waals surface area contributed by atoms with Crippen LogP contribution in [0.5, 0.6) is 0 Å². The largest absolute Gasteiger partial charge is 0.360 e. The highest BCUT2D eigenvalue weighted by atomic mass is 19.1. The van der Waals surface area contributed by atoms with Crippen LogP contribution in [0.15, 0.2) is 42.6 Å². The van der Waals surface area contributed by atoms with Crippen LogP contribution in [0.1, 0.15) is 27.0 Å². The van der Waals surface area contributed by atoms with Crippen LogP contribution in [-0.4, -0.2) is 10.8 Å². The number of aryl methyl sites for hydroxylation is 2. The zero-order valence-electron chi connectivity index (χ0n) is 11.3. The zero-order valence-corrected chi connectivity index (χ0v) is 11.3. The predicted molar refractivity (Wildman–Crippen MR) is 77.6 cm³/mol. The fourth-order valence-corrected chi connectivity index (χ4v) is 2.53. The molecule has 0 aliphatic rings. The molecule has 0 bridgehead atoms. The predicted octanol–water partition coefficient (Wildman–Crippen LogP) is 4.15.